The van der Waals surface area contributed by atoms with Gasteiger partial charge < -0.3 is 4.90 Å². The molecule has 0 aliphatic heterocycles. The predicted molar refractivity (Wildman–Crippen MR) is 58.0 cm³/mol. The topological polar surface area (TPSA) is 37.4 Å². The third-order valence-corrected chi connectivity index (χ3v) is 2.67. The molecule has 15 heavy (non-hydrogen) atoms. The number of rotatable bonds is 4. The van der Waals surface area contributed by atoms with Crippen molar-refractivity contribution in [1.82, 2.24) is 0 Å². The van der Waals surface area contributed by atoms with Crippen molar-refractivity contribution in [1.29, 1.82) is 0 Å². The maximum Gasteiger partial charge on any atom is 0.213 e. The van der Waals surface area contributed by atoms with Gasteiger partial charge >= 0.3 is 0 Å². The van der Waals surface area contributed by atoms with Crippen molar-refractivity contribution in [2.24, 2.45) is 5.92 Å². The molecule has 0 radical (unpaired) electrons. The molecule has 78 valence electrons. The lowest BCUT2D eigenvalue weighted by Gasteiger charge is -2.10. The van der Waals surface area contributed by atoms with E-state index in [9.17, 15) is 9.59 Å². The lowest BCUT2D eigenvalue weighted by molar-refractivity contribution is -0.107. The van der Waals surface area contributed by atoms with Crippen LogP contribution in [0.25, 0.3) is 0 Å². The molecule has 0 aromatic heterocycles. The first-order valence-corrected chi connectivity index (χ1v) is 5.05. The SMILES string of the molecule is CN(C=O)c1ccc(C(=O)C2CC2)cc1. The van der Waals surface area contributed by atoms with Crippen molar-refractivity contribution >= 4 is 17.9 Å². The normalized spacial score (nSPS) is 14.7. The fourth-order valence-electron chi connectivity index (χ4n) is 1.50. The zero-order chi connectivity index (χ0) is 10.8. The van der Waals surface area contributed by atoms with Crippen LogP contribution < -0.4 is 4.90 Å². The first kappa shape index (κ1) is 9.90. The van der Waals surface area contributed by atoms with Crippen molar-refractivity contribution in [2.45, 2.75) is 12.8 Å². The highest BCUT2D eigenvalue weighted by Crippen LogP contribution is 2.32. The Bertz CT molecular complexity index is 379. The Morgan fingerprint density at radius 3 is 2.40 bits per heavy atom. The summed E-state index contributed by atoms with van der Waals surface area (Å²) in [6.07, 6.45) is 2.79. The van der Waals surface area contributed by atoms with Crippen LogP contribution >= 0.6 is 0 Å². The number of Topliss-reactive ketones (excluding diaryl/α,β-unsaturated/α-hetero) is 1. The van der Waals surface area contributed by atoms with Gasteiger partial charge in [0.25, 0.3) is 0 Å². The number of carbonyl (C=O) groups is 2. The molecular weight excluding hydrogens is 190 g/mol. The van der Waals surface area contributed by atoms with E-state index in [1.54, 1.807) is 31.3 Å². The number of hydrogen-bond acceptors (Lipinski definition) is 2. The van der Waals surface area contributed by atoms with Crippen LogP contribution in [0.5, 0.6) is 0 Å². The number of ketones is 1. The second-order valence-electron chi connectivity index (χ2n) is 3.90. The zero-order valence-corrected chi connectivity index (χ0v) is 8.64. The maximum atomic E-state index is 11.7. The molecule has 1 aromatic carbocycles. The highest BCUT2D eigenvalue weighted by atomic mass is 16.1. The first-order valence-electron chi connectivity index (χ1n) is 5.05. The fourth-order valence-corrected chi connectivity index (χ4v) is 1.50. The van der Waals surface area contributed by atoms with Gasteiger partial charge in [0.1, 0.15) is 0 Å². The number of hydrogen-bond donors (Lipinski definition) is 0. The van der Waals surface area contributed by atoms with Crippen molar-refractivity contribution in [2.75, 3.05) is 11.9 Å². The van der Waals surface area contributed by atoms with Gasteiger partial charge in [0.05, 0.1) is 0 Å². The molecule has 0 heterocycles. The Kier molecular flexibility index (Phi) is 2.54. The van der Waals surface area contributed by atoms with Crippen molar-refractivity contribution in [3.63, 3.8) is 0 Å². The van der Waals surface area contributed by atoms with Crippen molar-refractivity contribution < 1.29 is 9.59 Å². The van der Waals surface area contributed by atoms with Crippen LogP contribution in [-0.4, -0.2) is 19.2 Å². The van der Waals surface area contributed by atoms with Crippen molar-refractivity contribution in [3.05, 3.63) is 29.8 Å². The average molecular weight is 203 g/mol. The van der Waals surface area contributed by atoms with E-state index in [4.69, 9.17) is 0 Å². The fraction of sp³-hybridized carbons (Fsp3) is 0.333. The van der Waals surface area contributed by atoms with Gasteiger partial charge in [0.2, 0.25) is 6.41 Å². The molecule has 0 spiro atoms. The van der Waals surface area contributed by atoms with E-state index < -0.39 is 0 Å². The number of benzene rings is 1. The van der Waals surface area contributed by atoms with Crippen molar-refractivity contribution in [3.8, 4) is 0 Å². The molecule has 0 atom stereocenters. The molecule has 2 rings (SSSR count). The Morgan fingerprint density at radius 2 is 1.93 bits per heavy atom. The highest BCUT2D eigenvalue weighted by molar-refractivity contribution is 5.99. The van der Waals surface area contributed by atoms with E-state index in [1.165, 1.54) is 4.90 Å². The van der Waals surface area contributed by atoms with E-state index in [-0.39, 0.29) is 11.7 Å². The van der Waals surface area contributed by atoms with E-state index in [1.807, 2.05) is 0 Å². The van der Waals surface area contributed by atoms with Crippen LogP contribution in [-0.2, 0) is 4.79 Å². The lowest BCUT2D eigenvalue weighted by Crippen LogP contribution is -2.13. The van der Waals surface area contributed by atoms with Gasteiger partial charge in [0, 0.05) is 24.2 Å². The second kappa shape index (κ2) is 3.85. The molecule has 1 aliphatic rings. The summed E-state index contributed by atoms with van der Waals surface area (Å²) in [5.41, 5.74) is 1.55. The van der Waals surface area contributed by atoms with Gasteiger partial charge in [0.15, 0.2) is 5.78 Å². The van der Waals surface area contributed by atoms with E-state index in [2.05, 4.69) is 0 Å². The summed E-state index contributed by atoms with van der Waals surface area (Å²) >= 11 is 0. The molecule has 0 bridgehead atoms. The first-order chi connectivity index (χ1) is 7.22. The number of carbonyl (C=O) groups excluding carboxylic acids is 2. The maximum absolute atomic E-state index is 11.7. The molecule has 3 heteroatoms. The summed E-state index contributed by atoms with van der Waals surface area (Å²) in [5, 5.41) is 0. The smallest absolute Gasteiger partial charge is 0.213 e. The molecule has 0 N–H and O–H groups in total. The third kappa shape index (κ3) is 2.06. The average Bonchev–Trinajstić information content (AvgIpc) is 3.11. The molecule has 1 saturated carbocycles. The number of nitrogens with zero attached hydrogens (tertiary/aromatic N) is 1. The molecule has 3 nitrogen and oxygen atoms in total. The predicted octanol–water partition coefficient (Wildman–Crippen LogP) is 1.87. The lowest BCUT2D eigenvalue weighted by atomic mass is 10.1. The van der Waals surface area contributed by atoms with Gasteiger partial charge in [-0.05, 0) is 37.1 Å². The summed E-state index contributed by atoms with van der Waals surface area (Å²) in [6.45, 7) is 0. The Morgan fingerprint density at radius 1 is 1.33 bits per heavy atom. The summed E-state index contributed by atoms with van der Waals surface area (Å²) in [6, 6.07) is 7.17. The van der Waals surface area contributed by atoms with Crippen LogP contribution in [0, 0.1) is 5.92 Å². The minimum absolute atomic E-state index is 0.232. The van der Waals surface area contributed by atoms with Crippen LogP contribution in [0.4, 0.5) is 5.69 Å². The van der Waals surface area contributed by atoms with Crippen LogP contribution in [0.1, 0.15) is 23.2 Å². The Balaban J connectivity index is 2.15. The quantitative estimate of drug-likeness (QED) is 0.553. The van der Waals surface area contributed by atoms with E-state index >= 15 is 0 Å². The van der Waals surface area contributed by atoms with Crippen LogP contribution in [0.2, 0.25) is 0 Å². The molecule has 0 saturated heterocycles. The van der Waals surface area contributed by atoms with E-state index in [0.717, 1.165) is 30.5 Å². The highest BCUT2D eigenvalue weighted by Gasteiger charge is 2.30. The van der Waals surface area contributed by atoms with Gasteiger partial charge in [-0.3, -0.25) is 9.59 Å². The largest absolute Gasteiger partial charge is 0.318 e. The minimum atomic E-state index is 0.232. The second-order valence-corrected chi connectivity index (χ2v) is 3.90. The molecule has 1 amide bonds. The van der Waals surface area contributed by atoms with Gasteiger partial charge in [-0.25, -0.2) is 0 Å². The molecule has 1 aliphatic carbocycles. The molecule has 0 unspecified atom stereocenters. The van der Waals surface area contributed by atoms with Crippen LogP contribution in [0.15, 0.2) is 24.3 Å². The zero-order valence-electron chi connectivity index (χ0n) is 8.64. The van der Waals surface area contributed by atoms with E-state index in [0.29, 0.717) is 0 Å². The summed E-state index contributed by atoms with van der Waals surface area (Å²) < 4.78 is 0. The minimum Gasteiger partial charge on any atom is -0.318 e. The van der Waals surface area contributed by atoms with Crippen LogP contribution in [0.3, 0.4) is 0 Å². The standard InChI is InChI=1S/C12H13NO2/c1-13(8-14)11-6-4-10(5-7-11)12(15)9-2-3-9/h4-9H,2-3H2,1H3. The summed E-state index contributed by atoms with van der Waals surface area (Å²) in [5.74, 6) is 0.481. The Labute approximate surface area is 88.7 Å². The Hall–Kier alpha value is -1.64. The molecule has 1 aromatic rings. The summed E-state index contributed by atoms with van der Waals surface area (Å²) in [4.78, 5) is 23.7. The molecular formula is C12H13NO2. The monoisotopic (exact) mass is 203 g/mol. The van der Waals surface area contributed by atoms with Gasteiger partial charge in [-0.15, -0.1) is 0 Å². The third-order valence-electron chi connectivity index (χ3n) is 2.67. The number of amides is 1. The number of anilines is 1. The van der Waals surface area contributed by atoms with Gasteiger partial charge in [-0.1, -0.05) is 0 Å². The van der Waals surface area contributed by atoms with Gasteiger partial charge in [-0.2, -0.15) is 0 Å². The molecule has 1 fully saturated rings. The summed E-state index contributed by atoms with van der Waals surface area (Å²) in [7, 11) is 1.69.